The number of ether oxygens (including phenoxy) is 2. The number of rotatable bonds is 11. The molecule has 46 heavy (non-hydrogen) atoms. The van der Waals surface area contributed by atoms with Crippen LogP contribution >= 0.6 is 23.4 Å². The minimum atomic E-state index is -0.735. The number of halogens is 1. The van der Waals surface area contributed by atoms with Crippen LogP contribution in [-0.4, -0.2) is 56.9 Å². The number of esters is 1. The van der Waals surface area contributed by atoms with E-state index in [2.05, 4.69) is 42.5 Å². The van der Waals surface area contributed by atoms with Gasteiger partial charge in [0.2, 0.25) is 0 Å². The average molecular weight is 662 g/mol. The van der Waals surface area contributed by atoms with Crippen molar-refractivity contribution in [1.29, 1.82) is 0 Å². The average Bonchev–Trinajstić information content (AvgIpc) is 3.59. The summed E-state index contributed by atoms with van der Waals surface area (Å²) in [6.07, 6.45) is 5.64. The van der Waals surface area contributed by atoms with Crippen molar-refractivity contribution in [3.63, 3.8) is 0 Å². The first-order chi connectivity index (χ1) is 21.9. The van der Waals surface area contributed by atoms with Crippen molar-refractivity contribution in [2.45, 2.75) is 83.0 Å². The van der Waals surface area contributed by atoms with Crippen molar-refractivity contribution in [3.8, 4) is 5.75 Å². The van der Waals surface area contributed by atoms with E-state index in [1.165, 1.54) is 0 Å². The Morgan fingerprint density at radius 1 is 1.07 bits per heavy atom. The first kappa shape index (κ1) is 33.9. The van der Waals surface area contributed by atoms with Crippen molar-refractivity contribution >= 4 is 46.1 Å². The highest BCUT2D eigenvalue weighted by Crippen LogP contribution is 2.44. The van der Waals surface area contributed by atoms with E-state index in [-0.39, 0.29) is 22.7 Å². The molecule has 1 fully saturated rings. The van der Waals surface area contributed by atoms with Gasteiger partial charge in [-0.1, -0.05) is 44.5 Å². The first-order valence-corrected chi connectivity index (χ1v) is 17.2. The number of carbonyl (C=O) groups is 2. The number of pyridine rings is 1. The molecule has 9 heteroatoms. The summed E-state index contributed by atoms with van der Waals surface area (Å²) in [4.78, 5) is 33.5. The van der Waals surface area contributed by atoms with Crippen molar-refractivity contribution in [2.75, 3.05) is 19.8 Å². The van der Waals surface area contributed by atoms with Gasteiger partial charge >= 0.3 is 5.97 Å². The number of aromatic nitrogens is 2. The van der Waals surface area contributed by atoms with Crippen LogP contribution in [0.1, 0.15) is 76.0 Å². The smallest absolute Gasteiger partial charge is 0.311 e. The number of nitrogens with zero attached hydrogens (tertiary/aromatic N) is 3. The summed E-state index contributed by atoms with van der Waals surface area (Å²) in [6, 6.07) is 17.7. The first-order valence-electron chi connectivity index (χ1n) is 16.0. The number of fused-ring (bicyclic) bond motifs is 1. The molecular weight excluding hydrogens is 618 g/mol. The lowest BCUT2D eigenvalue weighted by atomic mass is 9.87. The molecule has 4 aromatic rings. The second-order valence-corrected chi connectivity index (χ2v) is 15.8. The molecule has 1 saturated heterocycles. The van der Waals surface area contributed by atoms with Gasteiger partial charge in [0.15, 0.2) is 0 Å². The van der Waals surface area contributed by atoms with Gasteiger partial charge in [-0.05, 0) is 81.6 Å². The molecule has 5 rings (SSSR count). The quantitative estimate of drug-likeness (QED) is 0.119. The van der Waals surface area contributed by atoms with E-state index in [0.717, 1.165) is 45.6 Å². The molecule has 0 saturated carbocycles. The Kier molecular flexibility index (Phi) is 10.4. The van der Waals surface area contributed by atoms with Crippen LogP contribution < -0.4 is 4.74 Å². The Bertz CT molecular complexity index is 1680. The summed E-state index contributed by atoms with van der Waals surface area (Å²) >= 11 is 8.02. The summed E-state index contributed by atoms with van der Waals surface area (Å²) in [6.45, 7) is 14.4. The van der Waals surface area contributed by atoms with E-state index in [0.29, 0.717) is 43.3 Å². The fourth-order valence-corrected chi connectivity index (χ4v) is 7.25. The van der Waals surface area contributed by atoms with Gasteiger partial charge in [-0.3, -0.25) is 14.6 Å². The summed E-state index contributed by atoms with van der Waals surface area (Å²) in [5, 5.41) is 1.77. The van der Waals surface area contributed by atoms with Crippen molar-refractivity contribution in [2.24, 2.45) is 5.41 Å². The molecule has 0 N–H and O–H groups in total. The largest absolute Gasteiger partial charge is 0.491 e. The van der Waals surface area contributed by atoms with Gasteiger partial charge in [0, 0.05) is 63.2 Å². The minimum absolute atomic E-state index is 0.00773. The second-order valence-electron chi connectivity index (χ2n) is 13.5. The number of hydrogen-bond acceptors (Lipinski definition) is 6. The maximum atomic E-state index is 13.2. The maximum Gasteiger partial charge on any atom is 0.311 e. The Morgan fingerprint density at radius 2 is 1.83 bits per heavy atom. The van der Waals surface area contributed by atoms with E-state index in [4.69, 9.17) is 21.1 Å². The van der Waals surface area contributed by atoms with E-state index >= 15 is 0 Å². The summed E-state index contributed by atoms with van der Waals surface area (Å²) < 4.78 is 14.2. The van der Waals surface area contributed by atoms with Crippen molar-refractivity contribution in [3.05, 3.63) is 88.8 Å². The molecule has 2 aromatic heterocycles. The SMILES string of the molecule is CCOC(=O)C(C)(C)Cc1c(SC(C)(C)C)c2cc(OCC3CCCN3C(=O)c3cccnc3)ccc2n1Cc1ccc(Cl)cc1. The van der Waals surface area contributed by atoms with Gasteiger partial charge in [0.25, 0.3) is 5.91 Å². The van der Waals surface area contributed by atoms with Gasteiger partial charge in [0.05, 0.1) is 23.6 Å². The van der Waals surface area contributed by atoms with Crippen LogP contribution in [0.25, 0.3) is 10.9 Å². The predicted molar refractivity (Wildman–Crippen MR) is 186 cm³/mol. The van der Waals surface area contributed by atoms with Crippen LogP contribution in [0.4, 0.5) is 0 Å². The topological polar surface area (TPSA) is 73.7 Å². The molecule has 7 nitrogen and oxygen atoms in total. The zero-order valence-electron chi connectivity index (χ0n) is 27.6. The van der Waals surface area contributed by atoms with Crippen molar-refractivity contribution < 1.29 is 19.1 Å². The van der Waals surface area contributed by atoms with Gasteiger partial charge in [-0.15, -0.1) is 11.8 Å². The van der Waals surface area contributed by atoms with Crippen LogP contribution in [0.3, 0.4) is 0 Å². The molecule has 244 valence electrons. The zero-order chi connectivity index (χ0) is 33.1. The molecule has 0 spiro atoms. The van der Waals surface area contributed by atoms with Crippen LogP contribution in [0.2, 0.25) is 5.02 Å². The highest BCUT2D eigenvalue weighted by Gasteiger charge is 2.34. The highest BCUT2D eigenvalue weighted by atomic mass is 35.5. The molecule has 1 unspecified atom stereocenters. The van der Waals surface area contributed by atoms with E-state index in [1.807, 2.05) is 62.1 Å². The number of thioether (sulfide) groups is 1. The molecule has 1 aliphatic rings. The minimum Gasteiger partial charge on any atom is -0.491 e. The van der Waals surface area contributed by atoms with Crippen LogP contribution in [0.5, 0.6) is 5.75 Å². The van der Waals surface area contributed by atoms with Crippen molar-refractivity contribution in [1.82, 2.24) is 14.5 Å². The Hall–Kier alpha value is -3.49. The Balaban J connectivity index is 1.52. The number of benzene rings is 2. The molecule has 0 radical (unpaired) electrons. The standard InChI is InChI=1S/C37H44ClN3O4S/c1-7-44-35(43)37(5,6)21-32-33(46-36(2,3)4)30-20-29(16-17-31(30)41(32)23-25-12-14-27(38)15-13-25)45-24-28-11-9-19-40(28)34(42)26-10-8-18-39-22-26/h8,10,12-18,20,22,28H,7,9,11,19,21,23-24H2,1-6H3. The lowest BCUT2D eigenvalue weighted by Gasteiger charge is -2.26. The summed E-state index contributed by atoms with van der Waals surface area (Å²) in [5.74, 6) is 0.534. The predicted octanol–water partition coefficient (Wildman–Crippen LogP) is 8.44. The molecule has 1 amide bonds. The second kappa shape index (κ2) is 14.1. The molecular formula is C37H44ClN3O4S. The van der Waals surface area contributed by atoms with Gasteiger partial charge in [-0.2, -0.15) is 0 Å². The third-order valence-corrected chi connectivity index (χ3v) is 9.70. The van der Waals surface area contributed by atoms with E-state index < -0.39 is 5.41 Å². The molecule has 1 aliphatic heterocycles. The molecule has 2 aromatic carbocycles. The van der Waals surface area contributed by atoms with E-state index in [1.54, 1.807) is 30.2 Å². The number of amides is 1. The van der Waals surface area contributed by atoms with Crippen LogP contribution in [-0.2, 0) is 22.5 Å². The summed E-state index contributed by atoms with van der Waals surface area (Å²) in [7, 11) is 0. The lowest BCUT2D eigenvalue weighted by molar-refractivity contribution is -0.153. The normalized spacial score (nSPS) is 15.4. The third-order valence-electron chi connectivity index (χ3n) is 8.18. The molecule has 3 heterocycles. The molecule has 0 aliphatic carbocycles. The molecule has 1 atom stereocenters. The van der Waals surface area contributed by atoms with Gasteiger partial charge < -0.3 is 18.9 Å². The highest BCUT2D eigenvalue weighted by molar-refractivity contribution is 8.00. The fourth-order valence-electron chi connectivity index (χ4n) is 5.94. The maximum absolute atomic E-state index is 13.2. The number of hydrogen-bond donors (Lipinski definition) is 0. The van der Waals surface area contributed by atoms with Crippen LogP contribution in [0, 0.1) is 5.41 Å². The zero-order valence-corrected chi connectivity index (χ0v) is 29.2. The number of carbonyl (C=O) groups excluding carboxylic acids is 2. The van der Waals surface area contributed by atoms with Crippen LogP contribution in [0.15, 0.2) is 71.9 Å². The lowest BCUT2D eigenvalue weighted by Crippen LogP contribution is -2.39. The number of likely N-dealkylation sites (tertiary alicyclic amines) is 1. The molecule has 0 bridgehead atoms. The van der Waals surface area contributed by atoms with E-state index in [9.17, 15) is 9.59 Å². The summed E-state index contributed by atoms with van der Waals surface area (Å²) in [5.41, 5.74) is 3.13. The Labute approximate surface area is 281 Å². The fraction of sp³-hybridized carbons (Fsp3) is 0.432. The third kappa shape index (κ3) is 7.89. The van der Waals surface area contributed by atoms with Gasteiger partial charge in [0.1, 0.15) is 12.4 Å². The Morgan fingerprint density at radius 3 is 2.50 bits per heavy atom. The monoisotopic (exact) mass is 661 g/mol. The van der Waals surface area contributed by atoms with Gasteiger partial charge in [-0.25, -0.2) is 0 Å².